The minimum atomic E-state index is -0.435. The zero-order chi connectivity index (χ0) is 47.4. The fourth-order valence-electron chi connectivity index (χ4n) is 12.2. The van der Waals surface area contributed by atoms with Gasteiger partial charge in [0.25, 0.3) is 0 Å². The van der Waals surface area contributed by atoms with Crippen molar-refractivity contribution < 1.29 is 0 Å². The van der Waals surface area contributed by atoms with Crippen molar-refractivity contribution in [3.63, 3.8) is 0 Å². The molecule has 0 atom stereocenters. The summed E-state index contributed by atoms with van der Waals surface area (Å²) in [6.07, 6.45) is 0. The average molecular weight is 924 g/mol. The maximum atomic E-state index is 2.57. The highest BCUT2D eigenvalue weighted by molar-refractivity contribution is 7.25. The molecule has 0 N–H and O–H groups in total. The molecule has 1 spiro atoms. The molecular weight excluding hydrogens is 875 g/mol. The van der Waals surface area contributed by atoms with Gasteiger partial charge in [-0.15, -0.1) is 11.3 Å². The smallest absolute Gasteiger partial charge is 0.0725 e. The Morgan fingerprint density at radius 1 is 0.352 bits per heavy atom. The van der Waals surface area contributed by atoms with Gasteiger partial charge in [-0.2, -0.15) is 0 Å². The van der Waals surface area contributed by atoms with E-state index >= 15 is 0 Å². The number of fused-ring (bicyclic) bond motifs is 14. The van der Waals surface area contributed by atoms with Crippen molar-refractivity contribution >= 4 is 59.3 Å². The molecule has 0 saturated heterocycles. The van der Waals surface area contributed by atoms with E-state index in [1.54, 1.807) is 0 Å². The SMILES string of the molecule is CC(C)(C)c1ccc(-c2ccc(N(c3ccc4c(c3)-c3ccccc3C43c4ccccc4-c4ccccc43)c3ccc4ccccc4c3-c3ccc4c(c3)sc3ccccc34)c(-c3ccccc3)c2)cc1. The Morgan fingerprint density at radius 2 is 0.915 bits per heavy atom. The van der Waals surface area contributed by atoms with Crippen LogP contribution in [0.25, 0.3) is 86.6 Å². The van der Waals surface area contributed by atoms with Gasteiger partial charge in [-0.05, 0) is 131 Å². The highest BCUT2D eigenvalue weighted by atomic mass is 32.1. The maximum absolute atomic E-state index is 2.57. The summed E-state index contributed by atoms with van der Waals surface area (Å²) in [7, 11) is 0. The van der Waals surface area contributed by atoms with E-state index in [0.717, 1.165) is 22.6 Å². The molecule has 1 heterocycles. The average Bonchev–Trinajstić information content (AvgIpc) is 4.05. The number of anilines is 3. The van der Waals surface area contributed by atoms with Crippen LogP contribution in [0.4, 0.5) is 17.1 Å². The summed E-state index contributed by atoms with van der Waals surface area (Å²) < 4.78 is 2.60. The van der Waals surface area contributed by atoms with E-state index in [2.05, 4.69) is 268 Å². The molecule has 0 unspecified atom stereocenters. The van der Waals surface area contributed by atoms with Crippen molar-refractivity contribution in [2.75, 3.05) is 4.90 Å². The van der Waals surface area contributed by atoms with Crippen molar-refractivity contribution in [1.82, 2.24) is 0 Å². The lowest BCUT2D eigenvalue weighted by Crippen LogP contribution is -2.25. The van der Waals surface area contributed by atoms with Gasteiger partial charge < -0.3 is 4.90 Å². The fraction of sp³-hybridized carbons (Fsp3) is 0.0725. The van der Waals surface area contributed by atoms with Gasteiger partial charge in [0.1, 0.15) is 0 Å². The minimum absolute atomic E-state index is 0.0672. The molecule has 14 rings (SSSR count). The van der Waals surface area contributed by atoms with Crippen molar-refractivity contribution in [2.45, 2.75) is 31.6 Å². The van der Waals surface area contributed by atoms with Crippen LogP contribution in [0.2, 0.25) is 0 Å². The van der Waals surface area contributed by atoms with Crippen molar-refractivity contribution in [3.05, 3.63) is 270 Å². The van der Waals surface area contributed by atoms with Crippen LogP contribution in [0.3, 0.4) is 0 Å². The molecule has 2 heteroatoms. The van der Waals surface area contributed by atoms with E-state index in [4.69, 9.17) is 0 Å². The van der Waals surface area contributed by atoms with E-state index in [-0.39, 0.29) is 5.41 Å². The summed E-state index contributed by atoms with van der Waals surface area (Å²) in [5.41, 5.74) is 22.0. The third-order valence-electron chi connectivity index (χ3n) is 15.5. The van der Waals surface area contributed by atoms with Crippen LogP contribution < -0.4 is 4.90 Å². The lowest BCUT2D eigenvalue weighted by Gasteiger charge is -2.33. The molecule has 0 aliphatic heterocycles. The molecule has 11 aromatic carbocycles. The van der Waals surface area contributed by atoms with E-state index in [9.17, 15) is 0 Å². The molecule has 2 aliphatic carbocycles. The zero-order valence-corrected chi connectivity index (χ0v) is 40.8. The molecule has 12 aromatic rings. The lowest BCUT2D eigenvalue weighted by atomic mass is 9.70. The zero-order valence-electron chi connectivity index (χ0n) is 39.9. The number of benzene rings is 11. The highest BCUT2D eigenvalue weighted by Gasteiger charge is 2.51. The number of thiophene rings is 1. The first kappa shape index (κ1) is 41.7. The third-order valence-corrected chi connectivity index (χ3v) is 16.6. The Bertz CT molecular complexity index is 4050. The lowest BCUT2D eigenvalue weighted by molar-refractivity contribution is 0.590. The van der Waals surface area contributed by atoms with Gasteiger partial charge in [0, 0.05) is 37.0 Å². The van der Waals surface area contributed by atoms with Crippen LogP contribution in [-0.2, 0) is 10.8 Å². The first-order valence-corrected chi connectivity index (χ1v) is 25.6. The highest BCUT2D eigenvalue weighted by Crippen LogP contribution is 2.63. The summed E-state index contributed by atoms with van der Waals surface area (Å²) in [6, 6.07) is 91.4. The van der Waals surface area contributed by atoms with Crippen molar-refractivity contribution in [3.8, 4) is 55.6 Å². The Kier molecular flexibility index (Phi) is 9.31. The molecule has 0 fully saturated rings. The summed E-state index contributed by atoms with van der Waals surface area (Å²) in [5, 5.41) is 5.04. The second-order valence-corrected chi connectivity index (χ2v) is 21.5. The predicted octanol–water partition coefficient (Wildman–Crippen LogP) is 19.3. The monoisotopic (exact) mass is 923 g/mol. The van der Waals surface area contributed by atoms with Crippen LogP contribution >= 0.6 is 11.3 Å². The molecule has 0 radical (unpaired) electrons. The van der Waals surface area contributed by atoms with Gasteiger partial charge in [0.05, 0.1) is 16.8 Å². The first-order chi connectivity index (χ1) is 34.8. The predicted molar refractivity (Wildman–Crippen MR) is 303 cm³/mol. The Hall–Kier alpha value is -8.30. The Labute approximate surface area is 419 Å². The summed E-state index contributed by atoms with van der Waals surface area (Å²) >= 11 is 1.88. The van der Waals surface area contributed by atoms with E-state index in [1.165, 1.54) is 109 Å². The van der Waals surface area contributed by atoms with Gasteiger partial charge in [0.15, 0.2) is 0 Å². The summed E-state index contributed by atoms with van der Waals surface area (Å²) in [4.78, 5) is 2.57. The second-order valence-electron chi connectivity index (χ2n) is 20.4. The molecule has 71 heavy (non-hydrogen) atoms. The van der Waals surface area contributed by atoms with Gasteiger partial charge in [-0.3, -0.25) is 0 Å². The maximum Gasteiger partial charge on any atom is 0.0725 e. The van der Waals surface area contributed by atoms with Crippen LogP contribution in [0.1, 0.15) is 48.6 Å². The molecule has 0 saturated carbocycles. The van der Waals surface area contributed by atoms with Gasteiger partial charge >= 0.3 is 0 Å². The van der Waals surface area contributed by atoms with E-state index in [1.807, 2.05) is 11.3 Å². The van der Waals surface area contributed by atoms with Crippen molar-refractivity contribution in [2.24, 2.45) is 0 Å². The fourth-order valence-corrected chi connectivity index (χ4v) is 13.3. The molecule has 0 amide bonds. The van der Waals surface area contributed by atoms with E-state index < -0.39 is 5.41 Å². The van der Waals surface area contributed by atoms with E-state index in [0.29, 0.717) is 0 Å². The quantitative estimate of drug-likeness (QED) is 0.161. The van der Waals surface area contributed by atoms with Gasteiger partial charge in [0.2, 0.25) is 0 Å². The molecule has 0 bridgehead atoms. The minimum Gasteiger partial charge on any atom is -0.309 e. The van der Waals surface area contributed by atoms with Crippen LogP contribution in [0.5, 0.6) is 0 Å². The molecule has 1 aromatic heterocycles. The summed E-state index contributed by atoms with van der Waals surface area (Å²) in [5.74, 6) is 0. The first-order valence-electron chi connectivity index (χ1n) is 24.8. The summed E-state index contributed by atoms with van der Waals surface area (Å²) in [6.45, 7) is 6.84. The molecule has 336 valence electrons. The number of nitrogens with zero attached hydrogens (tertiary/aromatic N) is 1. The topological polar surface area (TPSA) is 3.24 Å². The normalized spacial score (nSPS) is 13.1. The number of hydrogen-bond donors (Lipinski definition) is 0. The van der Waals surface area contributed by atoms with Gasteiger partial charge in [-0.1, -0.05) is 221 Å². The third kappa shape index (κ3) is 6.31. The molecular formula is C69H49NS. The van der Waals surface area contributed by atoms with Crippen LogP contribution in [-0.4, -0.2) is 0 Å². The van der Waals surface area contributed by atoms with Crippen LogP contribution in [0, 0.1) is 0 Å². The molecule has 1 nitrogen and oxygen atoms in total. The largest absolute Gasteiger partial charge is 0.309 e. The Balaban J connectivity index is 1.06. The standard InChI is InChI=1S/C69H49NS/c1-68(2,3)49-34-29-44(30-35-49)47-33-39-63(57(41-47)45-17-5-4-6-18-45)70(64-40-32-46-19-7-8-20-51(46)67(64)48-31-37-56-55-24-12-16-28-65(55)71-66(56)42-48)50-36-38-62-58(43-50)54-23-11-15-27-61(54)69(62)59-25-13-9-21-52(59)53-22-10-14-26-60(53)69/h4-43H,1-3H3. The molecule has 2 aliphatic rings. The van der Waals surface area contributed by atoms with Crippen molar-refractivity contribution in [1.29, 1.82) is 0 Å². The second kappa shape index (κ2) is 15.9. The van der Waals surface area contributed by atoms with Gasteiger partial charge in [-0.25, -0.2) is 0 Å². The Morgan fingerprint density at radius 3 is 1.63 bits per heavy atom. The number of rotatable bonds is 6. The number of hydrogen-bond acceptors (Lipinski definition) is 2. The van der Waals surface area contributed by atoms with Crippen LogP contribution in [0.15, 0.2) is 243 Å².